The van der Waals surface area contributed by atoms with Crippen LogP contribution in [0.5, 0.6) is 0 Å². The van der Waals surface area contributed by atoms with E-state index in [9.17, 15) is 74.6 Å². The molecule has 0 nitrogen and oxygen atoms in total. The standard InChI is InChI=1S/C11H7Cl2F17S/c1-31(12,13)3-2-4(14,15)5(16,17)6(18,19)7(20,21)8(22,23)9(24,25)10(26,27)11(28,29)30/h2-3H2,1H3. The van der Waals surface area contributed by atoms with Crippen molar-refractivity contribution in [2.45, 2.75) is 54.1 Å². The monoisotopic (exact) mass is 564 g/mol. The van der Waals surface area contributed by atoms with Gasteiger partial charge in [0.25, 0.3) is 0 Å². The Bertz CT molecular complexity index is 647. The van der Waals surface area contributed by atoms with Crippen LogP contribution < -0.4 is 0 Å². The lowest BCUT2D eigenvalue weighted by Gasteiger charge is -2.43. The summed E-state index contributed by atoms with van der Waals surface area (Å²) < 4.78 is 221. The van der Waals surface area contributed by atoms with Crippen LogP contribution in [0.15, 0.2) is 0 Å². The summed E-state index contributed by atoms with van der Waals surface area (Å²) in [5, 5.41) is 0. The second-order valence-corrected chi connectivity index (χ2v) is 12.7. The van der Waals surface area contributed by atoms with Crippen LogP contribution >= 0.6 is 29.8 Å². The molecule has 0 aromatic rings. The zero-order chi connectivity index (χ0) is 25.9. The molecule has 0 spiro atoms. The Balaban J connectivity index is 6.56. The normalized spacial score (nSPS) is 17.2. The predicted octanol–water partition coefficient (Wildman–Crippen LogP) is 8.13. The fourth-order valence-corrected chi connectivity index (χ4v) is 2.74. The summed E-state index contributed by atoms with van der Waals surface area (Å²) in [5.74, 6) is -57.8. The number of hydrogen-bond acceptors (Lipinski definition) is 0. The fourth-order valence-electron chi connectivity index (χ4n) is 1.66. The van der Waals surface area contributed by atoms with Crippen LogP contribution in [-0.2, 0) is 0 Å². The second kappa shape index (κ2) is 7.91. The van der Waals surface area contributed by atoms with Crippen molar-refractivity contribution in [2.75, 3.05) is 12.0 Å². The minimum atomic E-state index is -8.62. The largest absolute Gasteiger partial charge is 0.460 e. The lowest BCUT2D eigenvalue weighted by molar-refractivity contribution is -0.461. The summed E-state index contributed by atoms with van der Waals surface area (Å²) in [4.78, 5) is 0. The zero-order valence-electron chi connectivity index (χ0n) is 14.0. The van der Waals surface area contributed by atoms with Gasteiger partial charge in [-0.25, -0.2) is 0 Å². The van der Waals surface area contributed by atoms with E-state index in [0.717, 1.165) is 0 Å². The molecule has 0 fully saturated rings. The molecule has 0 N–H and O–H groups in total. The van der Waals surface area contributed by atoms with Gasteiger partial charge in [0.05, 0.1) is 0 Å². The maximum atomic E-state index is 13.5. The van der Waals surface area contributed by atoms with Crippen LogP contribution in [0.1, 0.15) is 6.42 Å². The SMILES string of the molecule is CS(Cl)(Cl)CCC(F)(F)C(F)(F)C(F)(F)C(F)(F)C(F)(F)C(F)(F)C(F)(F)C(F)(F)F. The summed E-state index contributed by atoms with van der Waals surface area (Å²) >= 11 is 0. The smallest absolute Gasteiger partial charge is 0.200 e. The maximum absolute atomic E-state index is 13.5. The fraction of sp³-hybridized carbons (Fsp3) is 1.00. The molecule has 0 aliphatic heterocycles. The van der Waals surface area contributed by atoms with E-state index in [0.29, 0.717) is 6.26 Å². The van der Waals surface area contributed by atoms with Crippen molar-refractivity contribution in [3.63, 3.8) is 0 Å². The first kappa shape index (κ1) is 30.7. The first-order valence-electron chi connectivity index (χ1n) is 6.82. The Morgan fingerprint density at radius 2 is 0.742 bits per heavy atom. The summed E-state index contributed by atoms with van der Waals surface area (Å²) in [6, 6.07) is 0. The molecule has 0 aromatic heterocycles. The van der Waals surface area contributed by atoms with Crippen LogP contribution in [0.25, 0.3) is 0 Å². The van der Waals surface area contributed by atoms with Gasteiger partial charge in [-0.05, 0) is 6.26 Å². The highest BCUT2D eigenvalue weighted by molar-refractivity contribution is 8.65. The van der Waals surface area contributed by atoms with Crippen molar-refractivity contribution in [3.05, 3.63) is 0 Å². The van der Waals surface area contributed by atoms with Gasteiger partial charge in [0.15, 0.2) is 0 Å². The first-order chi connectivity index (χ1) is 13.0. The van der Waals surface area contributed by atoms with Crippen LogP contribution in [0.3, 0.4) is 0 Å². The summed E-state index contributed by atoms with van der Waals surface area (Å²) in [7, 11) is 7.01. The maximum Gasteiger partial charge on any atom is 0.460 e. The summed E-state index contributed by atoms with van der Waals surface area (Å²) in [6.07, 6.45) is -9.72. The van der Waals surface area contributed by atoms with Crippen molar-refractivity contribution in [3.8, 4) is 0 Å². The second-order valence-electron chi connectivity index (χ2n) is 5.98. The van der Waals surface area contributed by atoms with Gasteiger partial charge < -0.3 is 0 Å². The quantitative estimate of drug-likeness (QED) is 0.248. The van der Waals surface area contributed by atoms with Crippen molar-refractivity contribution < 1.29 is 74.6 Å². The van der Waals surface area contributed by atoms with E-state index in [4.69, 9.17) is 21.4 Å². The third-order valence-electron chi connectivity index (χ3n) is 3.56. The first-order valence-corrected chi connectivity index (χ1v) is 10.7. The van der Waals surface area contributed by atoms with Gasteiger partial charge in [-0.15, -0.1) is 0 Å². The number of alkyl halides is 17. The Labute approximate surface area is 171 Å². The third-order valence-corrected chi connectivity index (χ3v) is 5.41. The van der Waals surface area contributed by atoms with Crippen LogP contribution in [0, 0.1) is 0 Å². The van der Waals surface area contributed by atoms with Gasteiger partial charge >= 0.3 is 47.6 Å². The molecule has 0 atom stereocenters. The summed E-state index contributed by atoms with van der Waals surface area (Å²) in [6.45, 7) is 0. The molecule has 0 saturated carbocycles. The average molecular weight is 565 g/mol. The number of hydrogen-bond donors (Lipinski definition) is 0. The minimum absolute atomic E-state index is 0.672. The van der Waals surface area contributed by atoms with Crippen LogP contribution in [0.4, 0.5) is 74.6 Å². The molecule has 0 aliphatic rings. The van der Waals surface area contributed by atoms with E-state index in [1.165, 1.54) is 0 Å². The third kappa shape index (κ3) is 4.71. The molecule has 0 aliphatic carbocycles. The van der Waals surface area contributed by atoms with E-state index in [1.54, 1.807) is 0 Å². The van der Waals surface area contributed by atoms with Gasteiger partial charge in [0, 0.05) is 12.2 Å². The molecule has 0 saturated heterocycles. The molecule has 0 aromatic carbocycles. The lowest BCUT2D eigenvalue weighted by atomic mass is 9.88. The van der Waals surface area contributed by atoms with Crippen molar-refractivity contribution in [1.82, 2.24) is 0 Å². The predicted molar refractivity (Wildman–Crippen MR) is 75.4 cm³/mol. The molecule has 0 amide bonds. The molecule has 0 bridgehead atoms. The van der Waals surface area contributed by atoms with Gasteiger partial charge in [-0.2, -0.15) is 74.6 Å². The molecule has 31 heavy (non-hydrogen) atoms. The van der Waals surface area contributed by atoms with Gasteiger partial charge in [-0.1, -0.05) is 29.8 Å². The van der Waals surface area contributed by atoms with Crippen LogP contribution in [-0.4, -0.2) is 59.6 Å². The Morgan fingerprint density at radius 1 is 0.484 bits per heavy atom. The molecular weight excluding hydrogens is 558 g/mol. The molecule has 20 heteroatoms. The summed E-state index contributed by atoms with van der Waals surface area (Å²) in [5.41, 5.74) is 0. The number of rotatable bonds is 9. The van der Waals surface area contributed by atoms with E-state index in [-0.39, 0.29) is 0 Å². The van der Waals surface area contributed by atoms with E-state index in [1.807, 2.05) is 0 Å². The van der Waals surface area contributed by atoms with Gasteiger partial charge in [0.2, 0.25) is 0 Å². The van der Waals surface area contributed by atoms with Crippen molar-refractivity contribution in [2.24, 2.45) is 0 Å². The molecule has 190 valence electrons. The molecule has 0 unspecified atom stereocenters. The highest BCUT2D eigenvalue weighted by Crippen LogP contribution is 2.65. The van der Waals surface area contributed by atoms with Crippen molar-refractivity contribution in [1.29, 1.82) is 0 Å². The highest BCUT2D eigenvalue weighted by atomic mass is 36.0. The molecule has 0 radical (unpaired) electrons. The lowest BCUT2D eigenvalue weighted by Crippen LogP contribution is -2.74. The zero-order valence-corrected chi connectivity index (χ0v) is 16.3. The Hall–Kier alpha value is -0.260. The minimum Gasteiger partial charge on any atom is -0.200 e. The van der Waals surface area contributed by atoms with E-state index >= 15 is 0 Å². The Morgan fingerprint density at radius 3 is 1.00 bits per heavy atom. The van der Waals surface area contributed by atoms with Gasteiger partial charge in [-0.3, -0.25) is 0 Å². The molecule has 0 heterocycles. The van der Waals surface area contributed by atoms with Gasteiger partial charge in [0.1, 0.15) is 0 Å². The molecule has 0 rings (SSSR count). The topological polar surface area (TPSA) is 0 Å². The van der Waals surface area contributed by atoms with E-state index < -0.39 is 68.3 Å². The van der Waals surface area contributed by atoms with Crippen molar-refractivity contribution >= 4 is 29.8 Å². The van der Waals surface area contributed by atoms with Crippen LogP contribution in [0.2, 0.25) is 0 Å². The highest BCUT2D eigenvalue weighted by Gasteiger charge is 2.95. The average Bonchev–Trinajstić information content (AvgIpc) is 2.50. The van der Waals surface area contributed by atoms with E-state index in [2.05, 4.69) is 0 Å². The molecular formula is C11H7Cl2F17S. The number of halogens is 19. The Kier molecular flexibility index (Phi) is 7.84.